The number of rotatable bonds is 2. The normalized spacial score (nSPS) is 14.6. The van der Waals surface area contributed by atoms with E-state index in [4.69, 9.17) is 23.2 Å². The monoisotopic (exact) mass is 304 g/mol. The van der Waals surface area contributed by atoms with Crippen LogP contribution in [0.4, 0.5) is 4.39 Å². The van der Waals surface area contributed by atoms with Gasteiger partial charge in [-0.3, -0.25) is 0 Å². The standard InChI is InChI=1S/C13H11Cl2FOS/c1-7-3-4-18-12(7)13(2,17)8-5-11(16)10(15)6-9(8)14/h3-6,17H,1-2H3. The Bertz CT molecular complexity index is 593. The first-order chi connectivity index (χ1) is 8.34. The van der Waals surface area contributed by atoms with E-state index in [9.17, 15) is 9.50 Å². The number of hydrogen-bond donors (Lipinski definition) is 1. The number of thiophene rings is 1. The molecule has 5 heteroatoms. The van der Waals surface area contributed by atoms with Gasteiger partial charge in [-0.25, -0.2) is 4.39 Å². The van der Waals surface area contributed by atoms with Gasteiger partial charge in [0.2, 0.25) is 0 Å². The highest BCUT2D eigenvalue weighted by molar-refractivity contribution is 7.10. The molecule has 0 spiro atoms. The van der Waals surface area contributed by atoms with Gasteiger partial charge in [-0.05, 0) is 43.0 Å². The maximum Gasteiger partial charge on any atom is 0.142 e. The SMILES string of the molecule is Cc1ccsc1C(C)(O)c1cc(F)c(Cl)cc1Cl. The van der Waals surface area contributed by atoms with Gasteiger partial charge in [0.15, 0.2) is 0 Å². The van der Waals surface area contributed by atoms with E-state index >= 15 is 0 Å². The van der Waals surface area contributed by atoms with Crippen molar-refractivity contribution >= 4 is 34.5 Å². The minimum Gasteiger partial charge on any atom is -0.380 e. The molecule has 0 radical (unpaired) electrons. The van der Waals surface area contributed by atoms with Gasteiger partial charge in [0.1, 0.15) is 11.4 Å². The molecule has 1 nitrogen and oxygen atoms in total. The van der Waals surface area contributed by atoms with Crippen LogP contribution in [0.1, 0.15) is 22.9 Å². The summed E-state index contributed by atoms with van der Waals surface area (Å²) in [4.78, 5) is 0.742. The predicted octanol–water partition coefficient (Wildman–Crippen LogP) is 4.76. The van der Waals surface area contributed by atoms with Crippen LogP contribution in [0.3, 0.4) is 0 Å². The Morgan fingerprint density at radius 3 is 2.50 bits per heavy atom. The van der Waals surface area contributed by atoms with Gasteiger partial charge in [-0.2, -0.15) is 0 Å². The maximum atomic E-state index is 13.5. The summed E-state index contributed by atoms with van der Waals surface area (Å²) in [5.41, 5.74) is -0.0751. The van der Waals surface area contributed by atoms with Crippen molar-refractivity contribution in [3.8, 4) is 0 Å². The molecule has 0 fully saturated rings. The summed E-state index contributed by atoms with van der Waals surface area (Å²) in [6.45, 7) is 3.49. The van der Waals surface area contributed by atoms with E-state index in [1.807, 2.05) is 18.4 Å². The molecule has 1 heterocycles. The van der Waals surface area contributed by atoms with Crippen molar-refractivity contribution in [2.75, 3.05) is 0 Å². The lowest BCUT2D eigenvalue weighted by atomic mass is 9.92. The van der Waals surface area contributed by atoms with Crippen LogP contribution in [0.25, 0.3) is 0 Å². The first-order valence-corrected chi connectivity index (χ1v) is 6.89. The molecular weight excluding hydrogens is 294 g/mol. The minimum atomic E-state index is -1.33. The van der Waals surface area contributed by atoms with Crippen LogP contribution in [0.2, 0.25) is 10.0 Å². The molecular formula is C13H11Cl2FOS. The van der Waals surface area contributed by atoms with Crippen LogP contribution in [0.5, 0.6) is 0 Å². The van der Waals surface area contributed by atoms with E-state index in [-0.39, 0.29) is 10.0 Å². The fourth-order valence-corrected chi connectivity index (χ4v) is 3.46. The van der Waals surface area contributed by atoms with Crippen molar-refractivity contribution in [1.29, 1.82) is 0 Å². The lowest BCUT2D eigenvalue weighted by Gasteiger charge is -2.25. The Hall–Kier alpha value is -0.610. The number of aryl methyl sites for hydroxylation is 1. The molecule has 0 aliphatic carbocycles. The Balaban J connectivity index is 2.61. The molecule has 1 aromatic heterocycles. The summed E-state index contributed by atoms with van der Waals surface area (Å²) in [6, 6.07) is 4.39. The van der Waals surface area contributed by atoms with Gasteiger partial charge in [0.25, 0.3) is 0 Å². The lowest BCUT2D eigenvalue weighted by Crippen LogP contribution is -2.23. The quantitative estimate of drug-likeness (QED) is 0.793. The van der Waals surface area contributed by atoms with Crippen molar-refractivity contribution in [3.63, 3.8) is 0 Å². The first-order valence-electron chi connectivity index (χ1n) is 5.26. The Morgan fingerprint density at radius 2 is 1.94 bits per heavy atom. The maximum absolute atomic E-state index is 13.5. The molecule has 1 unspecified atom stereocenters. The molecule has 0 saturated heterocycles. The van der Waals surface area contributed by atoms with Crippen molar-refractivity contribution in [1.82, 2.24) is 0 Å². The highest BCUT2D eigenvalue weighted by Crippen LogP contribution is 2.39. The van der Waals surface area contributed by atoms with Crippen LogP contribution in [-0.2, 0) is 5.60 Å². The van der Waals surface area contributed by atoms with Crippen LogP contribution in [0.15, 0.2) is 23.6 Å². The molecule has 0 bridgehead atoms. The Labute approximate surface area is 119 Å². The summed E-state index contributed by atoms with van der Waals surface area (Å²) in [6.07, 6.45) is 0. The second-order valence-electron chi connectivity index (χ2n) is 4.25. The minimum absolute atomic E-state index is 0.0533. The van der Waals surface area contributed by atoms with Gasteiger partial charge in [0, 0.05) is 15.5 Å². The van der Waals surface area contributed by atoms with Crippen LogP contribution < -0.4 is 0 Å². The number of halogens is 3. The largest absolute Gasteiger partial charge is 0.380 e. The van der Waals surface area contributed by atoms with Crippen LogP contribution in [-0.4, -0.2) is 5.11 Å². The van der Waals surface area contributed by atoms with Crippen molar-refractivity contribution in [3.05, 3.63) is 55.4 Å². The van der Waals surface area contributed by atoms with Crippen molar-refractivity contribution in [2.24, 2.45) is 0 Å². The highest BCUT2D eigenvalue weighted by atomic mass is 35.5. The van der Waals surface area contributed by atoms with Gasteiger partial charge in [-0.1, -0.05) is 23.2 Å². The number of aliphatic hydroxyl groups is 1. The van der Waals surface area contributed by atoms with E-state index in [1.165, 1.54) is 23.5 Å². The van der Waals surface area contributed by atoms with E-state index in [0.29, 0.717) is 5.56 Å². The molecule has 1 atom stereocenters. The molecule has 1 N–H and O–H groups in total. The smallest absolute Gasteiger partial charge is 0.142 e. The van der Waals surface area contributed by atoms with Crippen LogP contribution in [0, 0.1) is 12.7 Å². The van der Waals surface area contributed by atoms with E-state index in [1.54, 1.807) is 6.92 Å². The zero-order chi connectivity index (χ0) is 13.5. The zero-order valence-corrected chi connectivity index (χ0v) is 12.1. The number of hydrogen-bond acceptors (Lipinski definition) is 2. The molecule has 2 aromatic rings. The second-order valence-corrected chi connectivity index (χ2v) is 5.98. The number of benzene rings is 1. The summed E-state index contributed by atoms with van der Waals surface area (Å²) < 4.78 is 13.5. The van der Waals surface area contributed by atoms with Gasteiger partial charge < -0.3 is 5.11 Å². The molecule has 1 aromatic carbocycles. The third-order valence-electron chi connectivity index (χ3n) is 2.84. The Kier molecular flexibility index (Phi) is 3.70. The third-order valence-corrected chi connectivity index (χ3v) is 4.67. The molecule has 0 saturated carbocycles. The topological polar surface area (TPSA) is 20.2 Å². The second kappa shape index (κ2) is 4.82. The zero-order valence-electron chi connectivity index (χ0n) is 9.80. The lowest BCUT2D eigenvalue weighted by molar-refractivity contribution is 0.105. The Morgan fingerprint density at radius 1 is 1.28 bits per heavy atom. The van der Waals surface area contributed by atoms with Gasteiger partial charge in [0.05, 0.1) is 5.02 Å². The van der Waals surface area contributed by atoms with Crippen molar-refractivity contribution < 1.29 is 9.50 Å². The molecule has 96 valence electrons. The average Bonchev–Trinajstić information content (AvgIpc) is 2.70. The van der Waals surface area contributed by atoms with Gasteiger partial charge in [-0.15, -0.1) is 11.3 Å². The van der Waals surface area contributed by atoms with E-state index in [2.05, 4.69) is 0 Å². The third kappa shape index (κ3) is 2.28. The molecule has 18 heavy (non-hydrogen) atoms. The molecule has 0 aliphatic heterocycles. The molecule has 0 amide bonds. The summed E-state index contributed by atoms with van der Waals surface area (Å²) in [7, 11) is 0. The first kappa shape index (κ1) is 13.8. The van der Waals surface area contributed by atoms with E-state index in [0.717, 1.165) is 10.4 Å². The predicted molar refractivity (Wildman–Crippen MR) is 74.1 cm³/mol. The summed E-state index contributed by atoms with van der Waals surface area (Å²) in [5.74, 6) is -0.592. The van der Waals surface area contributed by atoms with E-state index < -0.39 is 11.4 Å². The molecule has 0 aliphatic rings. The van der Waals surface area contributed by atoms with Crippen molar-refractivity contribution in [2.45, 2.75) is 19.4 Å². The average molecular weight is 305 g/mol. The summed E-state index contributed by atoms with van der Waals surface area (Å²) >= 11 is 13.1. The molecule has 2 rings (SSSR count). The van der Waals surface area contributed by atoms with Crippen LogP contribution >= 0.6 is 34.5 Å². The fourth-order valence-electron chi connectivity index (χ4n) is 1.89. The summed E-state index contributed by atoms with van der Waals surface area (Å²) in [5, 5.41) is 12.7. The fraction of sp³-hybridized carbons (Fsp3) is 0.231. The highest BCUT2D eigenvalue weighted by Gasteiger charge is 2.31. The van der Waals surface area contributed by atoms with Gasteiger partial charge >= 0.3 is 0 Å².